The molecule has 0 amide bonds. The highest BCUT2D eigenvalue weighted by atomic mass is 14.1. The molecule has 0 aliphatic rings. The summed E-state index contributed by atoms with van der Waals surface area (Å²) in [6, 6.07) is 15.4. The summed E-state index contributed by atoms with van der Waals surface area (Å²) < 4.78 is 0. The van der Waals surface area contributed by atoms with Crippen molar-refractivity contribution in [1.82, 2.24) is 0 Å². The number of rotatable bonds is 10. The zero-order valence-electron chi connectivity index (χ0n) is 16.7. The van der Waals surface area contributed by atoms with Gasteiger partial charge in [-0.15, -0.1) is 0 Å². The first kappa shape index (κ1) is 19.8. The van der Waals surface area contributed by atoms with Crippen LogP contribution in [0.25, 0.3) is 10.8 Å². The van der Waals surface area contributed by atoms with E-state index in [0.29, 0.717) is 5.92 Å². The summed E-state index contributed by atoms with van der Waals surface area (Å²) in [5, 5.41) is 2.73. The number of hydrogen-bond donors (Lipinski definition) is 0. The van der Waals surface area contributed by atoms with E-state index in [4.69, 9.17) is 0 Å². The molecule has 0 saturated heterocycles. The lowest BCUT2D eigenvalue weighted by Gasteiger charge is -2.13. The molecule has 2 aromatic rings. The van der Waals surface area contributed by atoms with Crippen molar-refractivity contribution in [2.75, 3.05) is 0 Å². The van der Waals surface area contributed by atoms with E-state index in [9.17, 15) is 0 Å². The maximum Gasteiger partial charge on any atom is -0.000429 e. The average molecular weight is 337 g/mol. The molecular formula is C25H36. The molecular weight excluding hydrogens is 300 g/mol. The van der Waals surface area contributed by atoms with Gasteiger partial charge in [-0.3, -0.25) is 0 Å². The zero-order valence-corrected chi connectivity index (χ0v) is 16.7. The predicted octanol–water partition coefficient (Wildman–Crippen LogP) is 8.13. The van der Waals surface area contributed by atoms with Crippen LogP contribution in [-0.4, -0.2) is 0 Å². The Kier molecular flexibility index (Phi) is 8.25. The molecule has 0 fully saturated rings. The molecule has 0 saturated carbocycles. The van der Waals surface area contributed by atoms with E-state index in [1.54, 1.807) is 0 Å². The minimum absolute atomic E-state index is 0.479. The van der Waals surface area contributed by atoms with Gasteiger partial charge in [-0.2, -0.15) is 0 Å². The first-order chi connectivity index (χ1) is 12.1. The van der Waals surface area contributed by atoms with Crippen molar-refractivity contribution >= 4 is 10.8 Å². The number of hydrogen-bond acceptors (Lipinski definition) is 0. The Morgan fingerprint density at radius 2 is 1.56 bits per heavy atom. The summed E-state index contributed by atoms with van der Waals surface area (Å²) in [6.45, 7) is 9.41. The molecule has 0 N–H and O–H groups in total. The lowest BCUT2D eigenvalue weighted by molar-refractivity contribution is 0.420. The molecule has 3 unspecified atom stereocenters. The fourth-order valence-corrected chi connectivity index (χ4v) is 3.60. The van der Waals surface area contributed by atoms with Gasteiger partial charge in [-0.1, -0.05) is 108 Å². The largest absolute Gasteiger partial charge is 0.0879 e. The minimum atomic E-state index is 0.479. The highest BCUT2D eigenvalue weighted by Crippen LogP contribution is 2.26. The predicted molar refractivity (Wildman–Crippen MR) is 113 cm³/mol. The Morgan fingerprint density at radius 1 is 0.840 bits per heavy atom. The summed E-state index contributed by atoms with van der Waals surface area (Å²) in [5.41, 5.74) is 1.44. The highest BCUT2D eigenvalue weighted by molar-refractivity contribution is 5.86. The van der Waals surface area contributed by atoms with Crippen molar-refractivity contribution < 1.29 is 0 Å². The lowest BCUT2D eigenvalue weighted by Crippen LogP contribution is -1.97. The maximum atomic E-state index is 2.42. The van der Waals surface area contributed by atoms with E-state index in [-0.39, 0.29) is 0 Å². The smallest absolute Gasteiger partial charge is 0.000429 e. The van der Waals surface area contributed by atoms with Gasteiger partial charge in [-0.05, 0) is 46.9 Å². The molecule has 2 aromatic carbocycles. The van der Waals surface area contributed by atoms with E-state index in [1.165, 1.54) is 54.9 Å². The van der Waals surface area contributed by atoms with Crippen LogP contribution in [0.5, 0.6) is 0 Å². The first-order valence-electron chi connectivity index (χ1n) is 10.3. The van der Waals surface area contributed by atoms with Gasteiger partial charge in [0.2, 0.25) is 0 Å². The molecule has 0 heterocycles. The van der Waals surface area contributed by atoms with Crippen molar-refractivity contribution in [3.8, 4) is 0 Å². The number of allylic oxidation sites excluding steroid dienone is 2. The quantitative estimate of drug-likeness (QED) is 0.384. The van der Waals surface area contributed by atoms with Gasteiger partial charge in [0.05, 0.1) is 0 Å². The van der Waals surface area contributed by atoms with E-state index < -0.39 is 0 Å². The van der Waals surface area contributed by atoms with Gasteiger partial charge in [0.15, 0.2) is 0 Å². The second kappa shape index (κ2) is 10.4. The van der Waals surface area contributed by atoms with Crippen molar-refractivity contribution in [1.29, 1.82) is 0 Å². The first-order valence-corrected chi connectivity index (χ1v) is 10.3. The number of fused-ring (bicyclic) bond motifs is 1. The molecule has 0 bridgehead atoms. The van der Waals surface area contributed by atoms with Crippen LogP contribution in [0.1, 0.15) is 77.7 Å². The van der Waals surface area contributed by atoms with Gasteiger partial charge < -0.3 is 0 Å². The average Bonchev–Trinajstić information content (AvgIpc) is 2.64. The van der Waals surface area contributed by atoms with E-state index in [2.05, 4.69) is 82.3 Å². The summed E-state index contributed by atoms with van der Waals surface area (Å²) >= 11 is 0. The van der Waals surface area contributed by atoms with Crippen LogP contribution in [0, 0.1) is 11.8 Å². The molecule has 0 radical (unpaired) electrons. The molecule has 3 atom stereocenters. The van der Waals surface area contributed by atoms with Crippen LogP contribution in [0.2, 0.25) is 0 Å². The van der Waals surface area contributed by atoms with Crippen molar-refractivity contribution in [3.05, 3.63) is 60.2 Å². The van der Waals surface area contributed by atoms with Crippen molar-refractivity contribution in [3.63, 3.8) is 0 Å². The van der Waals surface area contributed by atoms with E-state index >= 15 is 0 Å². The summed E-state index contributed by atoms with van der Waals surface area (Å²) in [4.78, 5) is 0. The summed E-state index contributed by atoms with van der Waals surface area (Å²) in [5.74, 6) is 2.22. The Labute approximate surface area is 155 Å². The van der Waals surface area contributed by atoms with E-state index in [1.807, 2.05) is 0 Å². The van der Waals surface area contributed by atoms with Crippen LogP contribution in [0.3, 0.4) is 0 Å². The molecule has 0 heteroatoms. The van der Waals surface area contributed by atoms with Crippen LogP contribution in [-0.2, 0) is 0 Å². The normalized spacial score (nSPS) is 15.5. The third-order valence-electron chi connectivity index (χ3n) is 5.66. The van der Waals surface area contributed by atoms with Crippen molar-refractivity contribution in [2.24, 2.45) is 11.8 Å². The van der Waals surface area contributed by atoms with Crippen LogP contribution >= 0.6 is 0 Å². The SMILES string of the molecule is CCC(C)CCCC(C)CCC=CC(C)c1cccc2ccccc12. The highest BCUT2D eigenvalue weighted by Gasteiger charge is 2.06. The zero-order chi connectivity index (χ0) is 18.1. The van der Waals surface area contributed by atoms with Gasteiger partial charge in [0.1, 0.15) is 0 Å². The van der Waals surface area contributed by atoms with Gasteiger partial charge in [0, 0.05) is 0 Å². The fraction of sp³-hybridized carbons (Fsp3) is 0.520. The van der Waals surface area contributed by atoms with Gasteiger partial charge in [0.25, 0.3) is 0 Å². The van der Waals surface area contributed by atoms with Crippen LogP contribution in [0.4, 0.5) is 0 Å². The molecule has 0 spiro atoms. The second-order valence-corrected chi connectivity index (χ2v) is 7.91. The Bertz CT molecular complexity index is 647. The summed E-state index contributed by atoms with van der Waals surface area (Å²) in [7, 11) is 0. The third kappa shape index (κ3) is 6.34. The van der Waals surface area contributed by atoms with E-state index in [0.717, 1.165) is 11.8 Å². The third-order valence-corrected chi connectivity index (χ3v) is 5.66. The minimum Gasteiger partial charge on any atom is -0.0879 e. The van der Waals surface area contributed by atoms with Crippen LogP contribution in [0.15, 0.2) is 54.6 Å². The van der Waals surface area contributed by atoms with Gasteiger partial charge in [-0.25, -0.2) is 0 Å². The molecule has 2 rings (SSSR count). The fourth-order valence-electron chi connectivity index (χ4n) is 3.60. The monoisotopic (exact) mass is 336 g/mol. The van der Waals surface area contributed by atoms with Crippen LogP contribution < -0.4 is 0 Å². The van der Waals surface area contributed by atoms with Crippen molar-refractivity contribution in [2.45, 2.75) is 72.1 Å². The molecule has 0 aromatic heterocycles. The lowest BCUT2D eigenvalue weighted by atomic mass is 9.93. The number of benzene rings is 2. The summed E-state index contributed by atoms with van der Waals surface area (Å²) in [6.07, 6.45) is 12.8. The topological polar surface area (TPSA) is 0 Å². The molecule has 0 aliphatic heterocycles. The molecule has 0 nitrogen and oxygen atoms in total. The second-order valence-electron chi connectivity index (χ2n) is 7.91. The molecule has 25 heavy (non-hydrogen) atoms. The standard InChI is InChI=1S/C25H36/c1-5-20(2)13-10-14-21(3)12-6-7-15-22(4)24-19-11-17-23-16-8-9-18-25(23)24/h7-9,11,15-22H,5-6,10,12-14H2,1-4H3. The Hall–Kier alpha value is -1.56. The Balaban J connectivity index is 1.79. The maximum absolute atomic E-state index is 2.42. The van der Waals surface area contributed by atoms with Gasteiger partial charge >= 0.3 is 0 Å². The Morgan fingerprint density at radius 3 is 2.36 bits per heavy atom. The molecule has 136 valence electrons. The molecule has 0 aliphatic carbocycles.